The van der Waals surface area contributed by atoms with Gasteiger partial charge in [-0.1, -0.05) is 6.92 Å². The molecule has 4 aromatic rings. The molecule has 5 rings (SSSR count). The maximum Gasteiger partial charge on any atom is 0.140 e. The van der Waals surface area contributed by atoms with Gasteiger partial charge in [0.1, 0.15) is 22.6 Å². The molecule has 5 heterocycles. The van der Waals surface area contributed by atoms with E-state index in [1.807, 2.05) is 0 Å². The lowest BCUT2D eigenvalue weighted by Crippen LogP contribution is -2.39. The van der Waals surface area contributed by atoms with E-state index in [9.17, 15) is 0 Å². The Morgan fingerprint density at radius 3 is 2.73 bits per heavy atom. The van der Waals surface area contributed by atoms with Crippen LogP contribution in [0.1, 0.15) is 41.5 Å². The molecule has 0 unspecified atom stereocenters. The lowest BCUT2D eigenvalue weighted by molar-refractivity contribution is 0.211. The lowest BCUT2D eigenvalue weighted by Gasteiger charge is -2.33. The molecule has 0 saturated carbocycles. The number of fused-ring (bicyclic) bond motifs is 2. The molecule has 3 N–H and O–H groups in total. The molecule has 37 heavy (non-hydrogen) atoms. The third-order valence-corrected chi connectivity index (χ3v) is 8.59. The van der Waals surface area contributed by atoms with E-state index < -0.39 is 0 Å². The second-order valence-electron chi connectivity index (χ2n) is 9.85. The number of thiophene rings is 1. The Morgan fingerprint density at radius 2 is 2.00 bits per heavy atom. The number of hydrogen-bond donors (Lipinski definition) is 2. The van der Waals surface area contributed by atoms with E-state index in [0.717, 1.165) is 66.2 Å². The molecule has 0 spiro atoms. The number of allylic oxidation sites excluding steroid dienone is 1. The summed E-state index contributed by atoms with van der Waals surface area (Å²) in [6.45, 7) is 10.2. The number of likely N-dealkylation sites (tertiary alicyclic amines) is 1. The van der Waals surface area contributed by atoms with Crippen LogP contribution < -0.4 is 11.1 Å². The smallest absolute Gasteiger partial charge is 0.140 e. The van der Waals surface area contributed by atoms with Gasteiger partial charge in [0, 0.05) is 72.9 Å². The minimum absolute atomic E-state index is 0.425. The Morgan fingerprint density at radius 1 is 1.19 bits per heavy atom. The summed E-state index contributed by atoms with van der Waals surface area (Å²) in [5.41, 5.74) is 11.6. The van der Waals surface area contributed by atoms with E-state index >= 15 is 0 Å². The van der Waals surface area contributed by atoms with Crippen molar-refractivity contribution >= 4 is 44.6 Å². The molecule has 0 aliphatic carbocycles. The van der Waals surface area contributed by atoms with E-state index in [1.165, 1.54) is 27.1 Å². The van der Waals surface area contributed by atoms with Crippen molar-refractivity contribution in [3.05, 3.63) is 58.1 Å². The molecule has 0 radical (unpaired) electrons. The van der Waals surface area contributed by atoms with Gasteiger partial charge >= 0.3 is 0 Å². The van der Waals surface area contributed by atoms with Gasteiger partial charge in [-0.15, -0.1) is 11.3 Å². The first-order chi connectivity index (χ1) is 18.0. The molecule has 0 atom stereocenters. The Hall–Kier alpha value is -3.30. The van der Waals surface area contributed by atoms with Gasteiger partial charge in [-0.2, -0.15) is 0 Å². The molecule has 9 heteroatoms. The van der Waals surface area contributed by atoms with E-state index in [4.69, 9.17) is 10.7 Å². The van der Waals surface area contributed by atoms with Crippen LogP contribution in [0, 0.1) is 13.8 Å². The zero-order chi connectivity index (χ0) is 25.9. The van der Waals surface area contributed by atoms with E-state index in [-0.39, 0.29) is 0 Å². The monoisotopic (exact) mass is 516 g/mol. The average Bonchev–Trinajstić information content (AvgIpc) is 3.48. The Balaban J connectivity index is 1.25. The minimum Gasteiger partial charge on any atom is -0.404 e. The van der Waals surface area contributed by atoms with Gasteiger partial charge in [0.25, 0.3) is 0 Å². The van der Waals surface area contributed by atoms with Crippen molar-refractivity contribution in [1.29, 1.82) is 0 Å². The van der Waals surface area contributed by atoms with Crippen LogP contribution in [0.5, 0.6) is 0 Å². The number of piperidine rings is 1. The highest BCUT2D eigenvalue weighted by molar-refractivity contribution is 7.18. The summed E-state index contributed by atoms with van der Waals surface area (Å²) >= 11 is 1.76. The number of aryl methyl sites for hydroxylation is 3. The van der Waals surface area contributed by atoms with Crippen molar-refractivity contribution in [3.8, 4) is 0 Å². The zero-order valence-electron chi connectivity index (χ0n) is 22.2. The second-order valence-corrected chi connectivity index (χ2v) is 11.0. The van der Waals surface area contributed by atoms with Gasteiger partial charge in [-0.25, -0.2) is 15.0 Å². The predicted octanol–water partition coefficient (Wildman–Crippen LogP) is 4.84. The second kappa shape index (κ2) is 11.0. The summed E-state index contributed by atoms with van der Waals surface area (Å²) in [5, 5.41) is 6.08. The summed E-state index contributed by atoms with van der Waals surface area (Å²) in [4.78, 5) is 23.0. The topological polar surface area (TPSA) is 97.2 Å². The summed E-state index contributed by atoms with van der Waals surface area (Å²) < 4.78 is 2.21. The highest BCUT2D eigenvalue weighted by atomic mass is 32.1. The van der Waals surface area contributed by atoms with Crippen LogP contribution >= 0.6 is 11.3 Å². The number of pyridine rings is 1. The van der Waals surface area contributed by atoms with Crippen LogP contribution in [-0.2, 0) is 19.5 Å². The van der Waals surface area contributed by atoms with E-state index in [1.54, 1.807) is 37.1 Å². The summed E-state index contributed by atoms with van der Waals surface area (Å²) in [6.07, 6.45) is 10.4. The maximum absolute atomic E-state index is 5.81. The summed E-state index contributed by atoms with van der Waals surface area (Å²) in [5.74, 6) is 0.975. The number of nitrogens with one attached hydrogen (secondary N) is 1. The van der Waals surface area contributed by atoms with Gasteiger partial charge in [-0.05, 0) is 56.4 Å². The van der Waals surface area contributed by atoms with Crippen LogP contribution in [0.3, 0.4) is 0 Å². The first-order valence-electron chi connectivity index (χ1n) is 13.0. The number of aliphatic imine (C=N–C) groups is 1. The van der Waals surface area contributed by atoms with E-state index in [0.29, 0.717) is 12.6 Å². The van der Waals surface area contributed by atoms with E-state index in [2.05, 4.69) is 68.8 Å². The molecule has 0 amide bonds. The Kier molecular flexibility index (Phi) is 7.53. The molecular formula is C28H36N8S. The SMILES string of the molecule is CCc1cc2c(NC3CCN(Cc4cnc5c(cc(C)n5CC(C=NC)=CN)c4C)CC3)ncnc2s1. The Labute approximate surface area is 222 Å². The number of aromatic nitrogens is 4. The fraction of sp³-hybridized carbons (Fsp3) is 0.429. The molecule has 1 aliphatic rings. The fourth-order valence-electron chi connectivity index (χ4n) is 5.20. The van der Waals surface area contributed by atoms with Crippen molar-refractivity contribution in [2.24, 2.45) is 10.7 Å². The first-order valence-corrected chi connectivity index (χ1v) is 13.8. The Bertz CT molecular complexity index is 1460. The van der Waals surface area contributed by atoms with Gasteiger partial charge in [0.15, 0.2) is 0 Å². The molecule has 1 aliphatic heterocycles. The largest absolute Gasteiger partial charge is 0.404 e. The minimum atomic E-state index is 0.425. The summed E-state index contributed by atoms with van der Waals surface area (Å²) in [6, 6.07) is 4.91. The molecule has 194 valence electrons. The third kappa shape index (κ3) is 5.24. The van der Waals surface area contributed by atoms with Crippen molar-refractivity contribution in [2.45, 2.75) is 59.2 Å². The van der Waals surface area contributed by atoms with Gasteiger partial charge in [0.2, 0.25) is 0 Å². The molecule has 0 aromatic carbocycles. The molecule has 1 saturated heterocycles. The maximum atomic E-state index is 5.81. The zero-order valence-corrected chi connectivity index (χ0v) is 23.0. The molecular weight excluding hydrogens is 480 g/mol. The number of nitrogens with zero attached hydrogens (tertiary/aromatic N) is 6. The highest BCUT2D eigenvalue weighted by Gasteiger charge is 2.22. The standard InChI is InChI=1S/C28H36N8S/c1-5-23-11-25-26(32-17-33-28(25)37-23)34-22-6-8-35(9-7-22)16-21-14-31-27-24(19(21)3)10-18(2)36(27)15-20(12-29)13-30-4/h10-14,17,22H,5-9,15-16,29H2,1-4H3,(H,32,33,34). The van der Waals surface area contributed by atoms with Crippen molar-refractivity contribution in [1.82, 2.24) is 24.4 Å². The van der Waals surface area contributed by atoms with Gasteiger partial charge in [-0.3, -0.25) is 9.89 Å². The third-order valence-electron chi connectivity index (χ3n) is 7.40. The molecule has 0 bridgehead atoms. The van der Waals surface area contributed by atoms with Crippen molar-refractivity contribution in [3.63, 3.8) is 0 Å². The number of hydrogen-bond acceptors (Lipinski definition) is 8. The number of anilines is 1. The summed E-state index contributed by atoms with van der Waals surface area (Å²) in [7, 11) is 1.76. The molecule has 8 nitrogen and oxygen atoms in total. The highest BCUT2D eigenvalue weighted by Crippen LogP contribution is 2.30. The molecule has 4 aromatic heterocycles. The van der Waals surface area contributed by atoms with Crippen LogP contribution in [0.25, 0.3) is 21.3 Å². The lowest BCUT2D eigenvalue weighted by atomic mass is 10.0. The molecule has 1 fully saturated rings. The van der Waals surface area contributed by atoms with Gasteiger partial charge in [0.05, 0.1) is 11.9 Å². The number of nitrogens with two attached hydrogens (primary N) is 1. The first kappa shape index (κ1) is 25.4. The normalized spacial score (nSPS) is 15.9. The van der Waals surface area contributed by atoms with Crippen LogP contribution in [0.15, 0.2) is 41.4 Å². The quantitative estimate of drug-likeness (QED) is 0.325. The predicted molar refractivity (Wildman–Crippen MR) is 155 cm³/mol. The van der Waals surface area contributed by atoms with Crippen LogP contribution in [0.2, 0.25) is 0 Å². The average molecular weight is 517 g/mol. The number of rotatable bonds is 8. The fourth-order valence-corrected chi connectivity index (χ4v) is 6.13. The van der Waals surface area contributed by atoms with Gasteiger partial charge < -0.3 is 15.6 Å². The van der Waals surface area contributed by atoms with Crippen molar-refractivity contribution in [2.75, 3.05) is 25.5 Å². The van der Waals surface area contributed by atoms with Crippen molar-refractivity contribution < 1.29 is 0 Å². The van der Waals surface area contributed by atoms with Crippen LogP contribution in [0.4, 0.5) is 5.82 Å². The van der Waals surface area contributed by atoms with Crippen LogP contribution in [-0.4, -0.2) is 56.8 Å².